The number of rotatable bonds is 3. The molecule has 1 heterocycles. The van der Waals surface area contributed by atoms with Crippen LogP contribution in [-0.2, 0) is 14.3 Å². The number of hydrogen-bond donors (Lipinski definition) is 0. The molecule has 3 heteroatoms. The molecule has 0 radical (unpaired) electrons. The summed E-state index contributed by atoms with van der Waals surface area (Å²) in [6, 6.07) is 0. The van der Waals surface area contributed by atoms with Crippen LogP contribution in [0.4, 0.5) is 0 Å². The maximum atomic E-state index is 11.0. The van der Waals surface area contributed by atoms with E-state index in [4.69, 9.17) is 9.47 Å². The molecule has 0 unspecified atom stereocenters. The van der Waals surface area contributed by atoms with Gasteiger partial charge >= 0.3 is 5.97 Å². The van der Waals surface area contributed by atoms with Gasteiger partial charge in [-0.25, -0.2) is 4.79 Å². The van der Waals surface area contributed by atoms with E-state index in [1.165, 1.54) is 6.26 Å². The molecule has 0 aromatic carbocycles. The Balaban J connectivity index is 2.65. The van der Waals surface area contributed by atoms with Gasteiger partial charge in [-0.2, -0.15) is 0 Å². The topological polar surface area (TPSA) is 35.5 Å². The van der Waals surface area contributed by atoms with Gasteiger partial charge in [0.05, 0.1) is 18.4 Å². The molecule has 1 aliphatic heterocycles. The van der Waals surface area contributed by atoms with Crippen LogP contribution in [0.15, 0.2) is 23.7 Å². The van der Waals surface area contributed by atoms with Crippen molar-refractivity contribution in [3.05, 3.63) is 23.7 Å². The Hall–Kier alpha value is -1.25. The van der Waals surface area contributed by atoms with Gasteiger partial charge in [-0.05, 0) is 13.0 Å². The van der Waals surface area contributed by atoms with E-state index >= 15 is 0 Å². The van der Waals surface area contributed by atoms with Crippen molar-refractivity contribution in [2.75, 3.05) is 6.61 Å². The van der Waals surface area contributed by atoms with Crippen LogP contribution in [0.5, 0.6) is 0 Å². The highest BCUT2D eigenvalue weighted by Crippen LogP contribution is 2.18. The molecule has 0 N–H and O–H groups in total. The fraction of sp³-hybridized carbons (Fsp3) is 0.444. The lowest BCUT2D eigenvalue weighted by atomic mass is 10.3. The van der Waals surface area contributed by atoms with Gasteiger partial charge in [0.2, 0.25) is 0 Å². The quantitative estimate of drug-likeness (QED) is 0.366. The standard InChI is InChI=1S/C9H12O3/c1-3-8-5-7(6-11-4-2)9(10)12-8/h5-6H,3-4H2,1-2H3. The van der Waals surface area contributed by atoms with Crippen LogP contribution in [-0.4, -0.2) is 12.6 Å². The van der Waals surface area contributed by atoms with E-state index in [9.17, 15) is 4.79 Å². The van der Waals surface area contributed by atoms with Gasteiger partial charge in [0.1, 0.15) is 5.76 Å². The molecule has 0 spiro atoms. The maximum absolute atomic E-state index is 11.0. The van der Waals surface area contributed by atoms with Gasteiger partial charge in [-0.1, -0.05) is 6.92 Å². The number of carbonyl (C=O) groups is 1. The third-order valence-electron chi connectivity index (χ3n) is 1.50. The zero-order chi connectivity index (χ0) is 8.97. The summed E-state index contributed by atoms with van der Waals surface area (Å²) in [6.07, 6.45) is 3.87. The second-order valence-corrected chi connectivity index (χ2v) is 2.38. The van der Waals surface area contributed by atoms with E-state index in [-0.39, 0.29) is 5.97 Å². The third-order valence-corrected chi connectivity index (χ3v) is 1.50. The molecule has 0 aliphatic carbocycles. The molecule has 1 rings (SSSR count). The molecule has 0 bridgehead atoms. The summed E-state index contributed by atoms with van der Waals surface area (Å²) in [5.74, 6) is 0.381. The summed E-state index contributed by atoms with van der Waals surface area (Å²) < 4.78 is 9.87. The highest BCUT2D eigenvalue weighted by atomic mass is 16.5. The van der Waals surface area contributed by atoms with Crippen LogP contribution in [0.1, 0.15) is 20.3 Å². The van der Waals surface area contributed by atoms with Gasteiger partial charge in [0.25, 0.3) is 0 Å². The summed E-state index contributed by atoms with van der Waals surface area (Å²) in [7, 11) is 0. The second kappa shape index (κ2) is 3.95. The molecular weight excluding hydrogens is 156 g/mol. The van der Waals surface area contributed by atoms with Gasteiger partial charge in [-0.3, -0.25) is 0 Å². The molecule has 0 amide bonds. The van der Waals surface area contributed by atoms with Crippen LogP contribution in [0, 0.1) is 0 Å². The van der Waals surface area contributed by atoms with E-state index < -0.39 is 0 Å². The van der Waals surface area contributed by atoms with E-state index in [0.717, 1.165) is 6.42 Å². The molecule has 0 saturated heterocycles. The minimum absolute atomic E-state index is 0.319. The van der Waals surface area contributed by atoms with Crippen molar-refractivity contribution >= 4 is 5.97 Å². The summed E-state index contributed by atoms with van der Waals surface area (Å²) >= 11 is 0. The molecular formula is C9H12O3. The molecule has 66 valence electrons. The number of esters is 1. The minimum atomic E-state index is -0.319. The van der Waals surface area contributed by atoms with Crippen molar-refractivity contribution in [1.29, 1.82) is 0 Å². The monoisotopic (exact) mass is 168 g/mol. The Morgan fingerprint density at radius 2 is 2.33 bits per heavy atom. The van der Waals surface area contributed by atoms with Crippen molar-refractivity contribution < 1.29 is 14.3 Å². The van der Waals surface area contributed by atoms with Crippen LogP contribution >= 0.6 is 0 Å². The number of hydrogen-bond acceptors (Lipinski definition) is 3. The van der Waals surface area contributed by atoms with Gasteiger partial charge in [-0.15, -0.1) is 0 Å². The molecule has 0 saturated carbocycles. The average Bonchev–Trinajstić information content (AvgIpc) is 2.43. The Morgan fingerprint density at radius 3 is 2.83 bits per heavy atom. The van der Waals surface area contributed by atoms with Crippen LogP contribution in [0.3, 0.4) is 0 Å². The summed E-state index contributed by atoms with van der Waals surface area (Å²) in [4.78, 5) is 11.0. The van der Waals surface area contributed by atoms with E-state index in [1.807, 2.05) is 13.8 Å². The van der Waals surface area contributed by atoms with E-state index in [1.54, 1.807) is 6.08 Å². The first-order chi connectivity index (χ1) is 5.77. The molecule has 3 nitrogen and oxygen atoms in total. The summed E-state index contributed by atoms with van der Waals surface area (Å²) in [5, 5.41) is 0. The minimum Gasteiger partial charge on any atom is -0.501 e. The highest BCUT2D eigenvalue weighted by molar-refractivity contribution is 5.94. The SMILES string of the molecule is CCOC=C1C=C(CC)OC1=O. The Morgan fingerprint density at radius 1 is 1.58 bits per heavy atom. The molecule has 0 aromatic rings. The van der Waals surface area contributed by atoms with E-state index in [0.29, 0.717) is 17.9 Å². The van der Waals surface area contributed by atoms with Crippen molar-refractivity contribution in [2.24, 2.45) is 0 Å². The Kier molecular flexibility index (Phi) is 2.91. The molecule has 1 aliphatic rings. The smallest absolute Gasteiger partial charge is 0.346 e. The molecule has 0 atom stereocenters. The third kappa shape index (κ3) is 1.87. The first-order valence-corrected chi connectivity index (χ1v) is 4.02. The van der Waals surface area contributed by atoms with Crippen LogP contribution in [0.25, 0.3) is 0 Å². The van der Waals surface area contributed by atoms with Crippen LogP contribution < -0.4 is 0 Å². The van der Waals surface area contributed by atoms with Crippen LogP contribution in [0.2, 0.25) is 0 Å². The highest BCUT2D eigenvalue weighted by Gasteiger charge is 2.19. The predicted octanol–water partition coefficient (Wildman–Crippen LogP) is 1.76. The van der Waals surface area contributed by atoms with Crippen molar-refractivity contribution in [1.82, 2.24) is 0 Å². The summed E-state index contributed by atoms with van der Waals surface area (Å²) in [5.41, 5.74) is 0.494. The zero-order valence-corrected chi connectivity index (χ0v) is 7.29. The zero-order valence-electron chi connectivity index (χ0n) is 7.29. The summed E-state index contributed by atoms with van der Waals surface area (Å²) in [6.45, 7) is 4.36. The van der Waals surface area contributed by atoms with Gasteiger partial charge in [0, 0.05) is 6.42 Å². The van der Waals surface area contributed by atoms with Gasteiger partial charge in [0.15, 0.2) is 0 Å². The lowest BCUT2D eigenvalue weighted by Crippen LogP contribution is -1.97. The number of cyclic esters (lactones) is 1. The van der Waals surface area contributed by atoms with Crippen molar-refractivity contribution in [3.63, 3.8) is 0 Å². The predicted molar refractivity (Wildman–Crippen MR) is 44.2 cm³/mol. The molecule has 0 fully saturated rings. The lowest BCUT2D eigenvalue weighted by Gasteiger charge is -1.95. The number of allylic oxidation sites excluding steroid dienone is 1. The fourth-order valence-corrected chi connectivity index (χ4v) is 0.869. The molecule has 0 aromatic heterocycles. The average molecular weight is 168 g/mol. The Labute approximate surface area is 71.7 Å². The second-order valence-electron chi connectivity index (χ2n) is 2.38. The van der Waals surface area contributed by atoms with Crippen molar-refractivity contribution in [3.8, 4) is 0 Å². The Bertz CT molecular complexity index is 238. The maximum Gasteiger partial charge on any atom is 0.346 e. The fourth-order valence-electron chi connectivity index (χ4n) is 0.869. The normalized spacial score (nSPS) is 19.3. The first-order valence-electron chi connectivity index (χ1n) is 4.02. The van der Waals surface area contributed by atoms with E-state index in [2.05, 4.69) is 0 Å². The lowest BCUT2D eigenvalue weighted by molar-refractivity contribution is -0.133. The number of carbonyl (C=O) groups excluding carboxylic acids is 1. The first kappa shape index (κ1) is 8.84. The number of ether oxygens (including phenoxy) is 2. The molecule has 12 heavy (non-hydrogen) atoms. The largest absolute Gasteiger partial charge is 0.501 e. The van der Waals surface area contributed by atoms with Crippen molar-refractivity contribution in [2.45, 2.75) is 20.3 Å². The van der Waals surface area contributed by atoms with Gasteiger partial charge < -0.3 is 9.47 Å².